The molecular weight excluding hydrogens is 329 g/mol. The summed E-state index contributed by atoms with van der Waals surface area (Å²) in [6.07, 6.45) is -1.58. The molecule has 1 heterocycles. The largest absolute Gasteiger partial charge is 0.416 e. The maximum atomic E-state index is 12.9. The highest BCUT2D eigenvalue weighted by Crippen LogP contribution is 2.58. The molecule has 3 rings (SSSR count). The minimum Gasteiger partial charge on any atom is -0.352 e. The van der Waals surface area contributed by atoms with Gasteiger partial charge in [-0.15, -0.1) is 12.4 Å². The van der Waals surface area contributed by atoms with Crippen LogP contribution in [0.2, 0.25) is 0 Å². The second kappa shape index (κ2) is 6.69. The molecule has 1 aliphatic heterocycles. The third kappa shape index (κ3) is 3.80. The molecule has 0 aromatic heterocycles. The van der Waals surface area contributed by atoms with Crippen molar-refractivity contribution in [1.29, 1.82) is 0 Å². The summed E-state index contributed by atoms with van der Waals surface area (Å²) in [5.41, 5.74) is -0.468. The number of rotatable bonds is 3. The summed E-state index contributed by atoms with van der Waals surface area (Å²) >= 11 is 0. The molecule has 1 unspecified atom stereocenters. The van der Waals surface area contributed by atoms with E-state index in [9.17, 15) is 18.0 Å². The van der Waals surface area contributed by atoms with Crippen LogP contribution in [0.3, 0.4) is 0 Å². The van der Waals surface area contributed by atoms with Crippen LogP contribution in [0.5, 0.6) is 0 Å². The lowest BCUT2D eigenvalue weighted by molar-refractivity contribution is -0.138. The standard InChI is InChI=1S/C16H19F3N2O.ClH/c17-16(18,19)12-4-2-1-3-11(12)10-21-14(22)13-9-15(13)5-7-20-8-6-15;/h1-4,13,20H,5-10H2,(H,21,22);1H. The molecule has 1 aromatic rings. The molecule has 1 saturated carbocycles. The Morgan fingerprint density at radius 1 is 1.26 bits per heavy atom. The van der Waals surface area contributed by atoms with Gasteiger partial charge in [0.15, 0.2) is 0 Å². The van der Waals surface area contributed by atoms with Gasteiger partial charge in [-0.25, -0.2) is 0 Å². The molecule has 1 aromatic carbocycles. The number of alkyl halides is 3. The van der Waals surface area contributed by atoms with Crippen molar-refractivity contribution in [1.82, 2.24) is 10.6 Å². The molecule has 0 radical (unpaired) electrons. The third-order valence-corrected chi connectivity index (χ3v) is 4.88. The molecule has 2 aliphatic rings. The van der Waals surface area contributed by atoms with E-state index in [1.807, 2.05) is 0 Å². The van der Waals surface area contributed by atoms with E-state index in [0.717, 1.165) is 38.4 Å². The lowest BCUT2D eigenvalue weighted by Crippen LogP contribution is -2.33. The number of benzene rings is 1. The van der Waals surface area contributed by atoms with Crippen molar-refractivity contribution < 1.29 is 18.0 Å². The fourth-order valence-corrected chi connectivity index (χ4v) is 3.45. The van der Waals surface area contributed by atoms with Gasteiger partial charge in [0.05, 0.1) is 5.56 Å². The highest BCUT2D eigenvalue weighted by atomic mass is 35.5. The predicted octanol–water partition coefficient (Wildman–Crippen LogP) is 3.13. The zero-order chi connectivity index (χ0) is 15.8. The van der Waals surface area contributed by atoms with Crippen molar-refractivity contribution in [3.05, 3.63) is 35.4 Å². The van der Waals surface area contributed by atoms with Crippen LogP contribution < -0.4 is 10.6 Å². The summed E-state index contributed by atoms with van der Waals surface area (Å²) in [4.78, 5) is 12.2. The normalized spacial score (nSPS) is 22.3. The molecule has 1 saturated heterocycles. The topological polar surface area (TPSA) is 41.1 Å². The van der Waals surface area contributed by atoms with Crippen LogP contribution in [0.25, 0.3) is 0 Å². The summed E-state index contributed by atoms with van der Waals surface area (Å²) in [5.74, 6) is -0.147. The Balaban J connectivity index is 0.00000192. The highest BCUT2D eigenvalue weighted by molar-refractivity contribution is 5.85. The first-order chi connectivity index (χ1) is 10.4. The minimum absolute atomic E-state index is 0. The van der Waals surface area contributed by atoms with Gasteiger partial charge in [-0.3, -0.25) is 4.79 Å². The van der Waals surface area contributed by atoms with E-state index < -0.39 is 11.7 Å². The van der Waals surface area contributed by atoms with Crippen LogP contribution in [0.1, 0.15) is 30.4 Å². The number of amides is 1. The van der Waals surface area contributed by atoms with Crippen LogP contribution in [-0.2, 0) is 17.5 Å². The van der Waals surface area contributed by atoms with Crippen molar-refractivity contribution in [3.63, 3.8) is 0 Å². The Hall–Kier alpha value is -1.27. The lowest BCUT2D eigenvalue weighted by Gasteiger charge is -2.23. The second-order valence-electron chi connectivity index (χ2n) is 6.24. The van der Waals surface area contributed by atoms with Gasteiger partial charge in [-0.2, -0.15) is 13.2 Å². The fraction of sp³-hybridized carbons (Fsp3) is 0.562. The van der Waals surface area contributed by atoms with Crippen molar-refractivity contribution in [3.8, 4) is 0 Å². The van der Waals surface area contributed by atoms with Crippen molar-refractivity contribution >= 4 is 18.3 Å². The van der Waals surface area contributed by atoms with Crippen LogP contribution in [-0.4, -0.2) is 19.0 Å². The lowest BCUT2D eigenvalue weighted by atomic mass is 9.92. The first kappa shape index (κ1) is 18.1. The van der Waals surface area contributed by atoms with Crippen molar-refractivity contribution in [2.75, 3.05) is 13.1 Å². The molecule has 1 aliphatic carbocycles. The van der Waals surface area contributed by atoms with Gasteiger partial charge in [0, 0.05) is 12.5 Å². The van der Waals surface area contributed by atoms with Crippen molar-refractivity contribution in [2.45, 2.75) is 32.0 Å². The molecule has 2 fully saturated rings. The van der Waals surface area contributed by atoms with Gasteiger partial charge in [-0.1, -0.05) is 18.2 Å². The number of hydrogen-bond donors (Lipinski definition) is 2. The highest BCUT2D eigenvalue weighted by Gasteiger charge is 2.57. The number of hydrogen-bond acceptors (Lipinski definition) is 2. The Labute approximate surface area is 139 Å². The molecule has 7 heteroatoms. The second-order valence-corrected chi connectivity index (χ2v) is 6.24. The summed E-state index contributed by atoms with van der Waals surface area (Å²) in [6.45, 7) is 1.76. The summed E-state index contributed by atoms with van der Waals surface area (Å²) < 4.78 is 38.7. The monoisotopic (exact) mass is 348 g/mol. The predicted molar refractivity (Wildman–Crippen MR) is 83.2 cm³/mol. The van der Waals surface area contributed by atoms with Gasteiger partial charge in [-0.05, 0) is 49.4 Å². The average Bonchev–Trinajstić information content (AvgIpc) is 3.18. The Bertz CT molecular complexity index is 571. The first-order valence-corrected chi connectivity index (χ1v) is 7.56. The van der Waals surface area contributed by atoms with Gasteiger partial charge in [0.1, 0.15) is 0 Å². The number of halogens is 4. The molecule has 128 valence electrons. The molecule has 0 bridgehead atoms. The Morgan fingerprint density at radius 2 is 1.91 bits per heavy atom. The van der Waals surface area contributed by atoms with Crippen LogP contribution in [0, 0.1) is 11.3 Å². The van der Waals surface area contributed by atoms with Gasteiger partial charge < -0.3 is 10.6 Å². The number of piperidine rings is 1. The SMILES string of the molecule is Cl.O=C(NCc1ccccc1C(F)(F)F)C1CC12CCNCC2. The van der Waals surface area contributed by atoms with Crippen LogP contribution in [0.4, 0.5) is 13.2 Å². The van der Waals surface area contributed by atoms with E-state index in [0.29, 0.717) is 0 Å². The fourth-order valence-electron chi connectivity index (χ4n) is 3.45. The summed E-state index contributed by atoms with van der Waals surface area (Å²) in [5, 5.41) is 5.95. The third-order valence-electron chi connectivity index (χ3n) is 4.88. The van der Waals surface area contributed by atoms with E-state index in [1.54, 1.807) is 6.07 Å². The molecular formula is C16H20ClF3N2O. The van der Waals surface area contributed by atoms with E-state index in [2.05, 4.69) is 10.6 Å². The molecule has 3 nitrogen and oxygen atoms in total. The quantitative estimate of drug-likeness (QED) is 0.881. The number of carbonyl (C=O) groups is 1. The number of carbonyl (C=O) groups excluding carboxylic acids is 1. The van der Waals surface area contributed by atoms with Crippen molar-refractivity contribution in [2.24, 2.45) is 11.3 Å². The molecule has 1 atom stereocenters. The molecule has 23 heavy (non-hydrogen) atoms. The summed E-state index contributed by atoms with van der Waals surface area (Å²) in [7, 11) is 0. The smallest absolute Gasteiger partial charge is 0.352 e. The zero-order valence-electron chi connectivity index (χ0n) is 12.6. The molecule has 2 N–H and O–H groups in total. The minimum atomic E-state index is -4.39. The zero-order valence-corrected chi connectivity index (χ0v) is 13.4. The van der Waals surface area contributed by atoms with E-state index >= 15 is 0 Å². The summed E-state index contributed by atoms with van der Waals surface area (Å²) in [6, 6.07) is 5.38. The maximum Gasteiger partial charge on any atom is 0.416 e. The van der Waals surface area contributed by atoms with E-state index in [1.165, 1.54) is 12.1 Å². The van der Waals surface area contributed by atoms with Crippen LogP contribution >= 0.6 is 12.4 Å². The maximum absolute atomic E-state index is 12.9. The van der Waals surface area contributed by atoms with Gasteiger partial charge >= 0.3 is 6.18 Å². The Kier molecular flexibility index (Phi) is 5.26. The molecule has 1 amide bonds. The van der Waals surface area contributed by atoms with Gasteiger partial charge in [0.25, 0.3) is 0 Å². The number of nitrogens with one attached hydrogen (secondary N) is 2. The van der Waals surface area contributed by atoms with Gasteiger partial charge in [0.2, 0.25) is 5.91 Å². The van der Waals surface area contributed by atoms with E-state index in [-0.39, 0.29) is 41.8 Å². The average molecular weight is 349 g/mol. The van der Waals surface area contributed by atoms with Crippen LogP contribution in [0.15, 0.2) is 24.3 Å². The first-order valence-electron chi connectivity index (χ1n) is 7.56. The molecule has 1 spiro atoms. The van der Waals surface area contributed by atoms with E-state index in [4.69, 9.17) is 0 Å². The Morgan fingerprint density at radius 3 is 2.57 bits per heavy atom.